The number of carbonyl (C=O) groups is 1. The maximum atomic E-state index is 13.7. The zero-order chi connectivity index (χ0) is 12.3. The molecule has 0 radical (unpaired) electrons. The van der Waals surface area contributed by atoms with Crippen molar-refractivity contribution in [3.63, 3.8) is 0 Å². The number of halogens is 1. The van der Waals surface area contributed by atoms with E-state index in [1.165, 1.54) is 6.07 Å². The van der Waals surface area contributed by atoms with E-state index in [4.69, 9.17) is 5.73 Å². The second-order valence-corrected chi connectivity index (χ2v) is 4.20. The minimum Gasteiger partial charge on any atom is -0.366 e. The van der Waals surface area contributed by atoms with Gasteiger partial charge in [0.2, 0.25) is 5.91 Å². The average molecular weight is 237 g/mol. The molecule has 1 aromatic carbocycles. The summed E-state index contributed by atoms with van der Waals surface area (Å²) in [4.78, 5) is 13.1. The summed E-state index contributed by atoms with van der Waals surface area (Å²) in [6.07, 6.45) is 0. The minimum atomic E-state index is -0.599. The number of benzene rings is 1. The molecule has 1 amide bonds. The molecule has 0 spiro atoms. The van der Waals surface area contributed by atoms with Gasteiger partial charge in [-0.2, -0.15) is 0 Å². The molecule has 0 atom stereocenters. The molecule has 0 saturated carbocycles. The Labute approximate surface area is 99.6 Å². The summed E-state index contributed by atoms with van der Waals surface area (Å²) in [6, 6.07) is 4.42. The highest BCUT2D eigenvalue weighted by Crippen LogP contribution is 2.13. The van der Waals surface area contributed by atoms with Crippen molar-refractivity contribution in [2.75, 3.05) is 26.2 Å². The zero-order valence-electron chi connectivity index (χ0n) is 9.58. The molecule has 1 heterocycles. The van der Waals surface area contributed by atoms with Gasteiger partial charge in [0.05, 0.1) is 0 Å². The molecule has 0 aliphatic carbocycles. The summed E-state index contributed by atoms with van der Waals surface area (Å²) in [5, 5.41) is 3.24. The molecular formula is C12H16FN3O. The van der Waals surface area contributed by atoms with Crippen molar-refractivity contribution in [3.8, 4) is 0 Å². The van der Waals surface area contributed by atoms with Gasteiger partial charge < -0.3 is 11.1 Å². The maximum absolute atomic E-state index is 13.7. The first-order valence-electron chi connectivity index (χ1n) is 5.68. The van der Waals surface area contributed by atoms with Crippen LogP contribution in [0.2, 0.25) is 0 Å². The van der Waals surface area contributed by atoms with Crippen molar-refractivity contribution in [3.05, 3.63) is 35.1 Å². The molecule has 4 nitrogen and oxygen atoms in total. The maximum Gasteiger partial charge on any atom is 0.248 e. The van der Waals surface area contributed by atoms with E-state index < -0.39 is 5.91 Å². The summed E-state index contributed by atoms with van der Waals surface area (Å²) in [6.45, 7) is 4.27. The Morgan fingerprint density at radius 1 is 1.41 bits per heavy atom. The number of hydrogen-bond acceptors (Lipinski definition) is 3. The van der Waals surface area contributed by atoms with Gasteiger partial charge in [-0.3, -0.25) is 9.69 Å². The van der Waals surface area contributed by atoms with E-state index in [9.17, 15) is 9.18 Å². The summed E-state index contributed by atoms with van der Waals surface area (Å²) in [7, 11) is 0. The number of hydrogen-bond donors (Lipinski definition) is 2. The van der Waals surface area contributed by atoms with Gasteiger partial charge in [-0.15, -0.1) is 0 Å². The molecule has 1 aliphatic heterocycles. The minimum absolute atomic E-state index is 0.214. The van der Waals surface area contributed by atoms with Crippen LogP contribution in [0, 0.1) is 5.82 Å². The number of piperazine rings is 1. The normalized spacial score (nSPS) is 17.0. The van der Waals surface area contributed by atoms with E-state index in [1.807, 2.05) is 0 Å². The number of primary amides is 1. The fourth-order valence-corrected chi connectivity index (χ4v) is 1.94. The summed E-state index contributed by atoms with van der Waals surface area (Å²) in [5.74, 6) is -0.961. The smallest absolute Gasteiger partial charge is 0.248 e. The molecule has 0 bridgehead atoms. The highest BCUT2D eigenvalue weighted by atomic mass is 19.1. The summed E-state index contributed by atoms with van der Waals surface area (Å²) in [5.41, 5.74) is 5.92. The van der Waals surface area contributed by atoms with Gasteiger partial charge in [-0.1, -0.05) is 6.07 Å². The Kier molecular flexibility index (Phi) is 3.71. The molecule has 0 aromatic heterocycles. The quantitative estimate of drug-likeness (QED) is 0.796. The van der Waals surface area contributed by atoms with Crippen LogP contribution in [-0.2, 0) is 6.54 Å². The second kappa shape index (κ2) is 5.25. The van der Waals surface area contributed by atoms with Crippen LogP contribution in [0.5, 0.6) is 0 Å². The average Bonchev–Trinajstić information content (AvgIpc) is 2.33. The first-order valence-corrected chi connectivity index (χ1v) is 5.68. The van der Waals surface area contributed by atoms with E-state index in [1.54, 1.807) is 12.1 Å². The number of nitrogens with zero attached hydrogens (tertiary/aromatic N) is 1. The molecule has 1 fully saturated rings. The molecule has 1 saturated heterocycles. The predicted octanol–water partition coefficient (Wildman–Crippen LogP) is 0.330. The predicted molar refractivity (Wildman–Crippen MR) is 63.1 cm³/mol. The molecule has 1 aromatic rings. The monoisotopic (exact) mass is 237 g/mol. The van der Waals surface area contributed by atoms with Crippen LogP contribution >= 0.6 is 0 Å². The SMILES string of the molecule is NC(=O)c1ccc(CN2CCNCC2)c(F)c1. The van der Waals surface area contributed by atoms with Crippen molar-refractivity contribution in [1.82, 2.24) is 10.2 Å². The summed E-state index contributed by atoms with van der Waals surface area (Å²) < 4.78 is 13.7. The summed E-state index contributed by atoms with van der Waals surface area (Å²) >= 11 is 0. The Bertz CT molecular complexity index is 416. The van der Waals surface area contributed by atoms with Gasteiger partial charge >= 0.3 is 0 Å². The van der Waals surface area contributed by atoms with Crippen LogP contribution in [-0.4, -0.2) is 37.0 Å². The lowest BCUT2D eigenvalue weighted by atomic mass is 10.1. The first-order chi connectivity index (χ1) is 8.16. The molecule has 3 N–H and O–H groups in total. The lowest BCUT2D eigenvalue weighted by Gasteiger charge is -2.27. The first kappa shape index (κ1) is 12.0. The number of amides is 1. The van der Waals surface area contributed by atoms with Crippen molar-refractivity contribution >= 4 is 5.91 Å². The third-order valence-corrected chi connectivity index (χ3v) is 2.94. The Balaban J connectivity index is 2.08. The van der Waals surface area contributed by atoms with Gasteiger partial charge in [0.25, 0.3) is 0 Å². The van der Waals surface area contributed by atoms with Crippen molar-refractivity contribution in [1.29, 1.82) is 0 Å². The van der Waals surface area contributed by atoms with E-state index in [-0.39, 0.29) is 11.4 Å². The van der Waals surface area contributed by atoms with Crippen molar-refractivity contribution in [2.45, 2.75) is 6.54 Å². The van der Waals surface area contributed by atoms with Gasteiger partial charge in [0.15, 0.2) is 0 Å². The molecule has 92 valence electrons. The fraction of sp³-hybridized carbons (Fsp3) is 0.417. The lowest BCUT2D eigenvalue weighted by molar-refractivity contribution is 0.1000. The van der Waals surface area contributed by atoms with Gasteiger partial charge in [0.1, 0.15) is 5.82 Å². The second-order valence-electron chi connectivity index (χ2n) is 4.20. The highest BCUT2D eigenvalue weighted by Gasteiger charge is 2.13. The third-order valence-electron chi connectivity index (χ3n) is 2.94. The molecular weight excluding hydrogens is 221 g/mol. The zero-order valence-corrected chi connectivity index (χ0v) is 9.58. The molecule has 0 unspecified atom stereocenters. The van der Waals surface area contributed by atoms with E-state index >= 15 is 0 Å². The van der Waals surface area contributed by atoms with E-state index in [2.05, 4.69) is 10.2 Å². The molecule has 17 heavy (non-hydrogen) atoms. The van der Waals surface area contributed by atoms with Crippen LogP contribution in [0.4, 0.5) is 4.39 Å². The van der Waals surface area contributed by atoms with E-state index in [0.717, 1.165) is 26.2 Å². The van der Waals surface area contributed by atoms with Crippen LogP contribution in [0.15, 0.2) is 18.2 Å². The highest BCUT2D eigenvalue weighted by molar-refractivity contribution is 5.92. The Morgan fingerprint density at radius 2 is 2.12 bits per heavy atom. The van der Waals surface area contributed by atoms with Gasteiger partial charge in [0, 0.05) is 43.9 Å². The Hall–Kier alpha value is -1.46. The van der Waals surface area contributed by atoms with Gasteiger partial charge in [-0.05, 0) is 12.1 Å². The number of rotatable bonds is 3. The largest absolute Gasteiger partial charge is 0.366 e. The fourth-order valence-electron chi connectivity index (χ4n) is 1.94. The van der Waals surface area contributed by atoms with Crippen LogP contribution in [0.3, 0.4) is 0 Å². The van der Waals surface area contributed by atoms with Crippen LogP contribution < -0.4 is 11.1 Å². The van der Waals surface area contributed by atoms with Crippen molar-refractivity contribution < 1.29 is 9.18 Å². The topological polar surface area (TPSA) is 58.4 Å². The Morgan fingerprint density at radius 3 is 2.71 bits per heavy atom. The van der Waals surface area contributed by atoms with Gasteiger partial charge in [-0.25, -0.2) is 4.39 Å². The lowest BCUT2D eigenvalue weighted by Crippen LogP contribution is -2.43. The number of nitrogens with two attached hydrogens (primary N) is 1. The molecule has 5 heteroatoms. The molecule has 2 rings (SSSR count). The third kappa shape index (κ3) is 3.01. The standard InChI is InChI=1S/C12H16FN3O/c13-11-7-9(12(14)17)1-2-10(11)8-16-5-3-15-4-6-16/h1-2,7,15H,3-6,8H2,(H2,14,17). The van der Waals surface area contributed by atoms with E-state index in [0.29, 0.717) is 12.1 Å². The molecule has 1 aliphatic rings. The number of nitrogens with one attached hydrogen (secondary N) is 1. The van der Waals surface area contributed by atoms with Crippen LogP contribution in [0.25, 0.3) is 0 Å². The van der Waals surface area contributed by atoms with Crippen LogP contribution in [0.1, 0.15) is 15.9 Å². The number of carbonyl (C=O) groups excluding carboxylic acids is 1. The van der Waals surface area contributed by atoms with Crippen molar-refractivity contribution in [2.24, 2.45) is 5.73 Å².